The van der Waals surface area contributed by atoms with Crippen molar-refractivity contribution in [3.63, 3.8) is 0 Å². The minimum atomic E-state index is 0.370. The lowest BCUT2D eigenvalue weighted by Crippen LogP contribution is -2.33. The Balaban J connectivity index is 1.65. The van der Waals surface area contributed by atoms with Crippen LogP contribution in [0.15, 0.2) is 48.1 Å². The zero-order valence-electron chi connectivity index (χ0n) is 11.6. The predicted molar refractivity (Wildman–Crippen MR) is 91.8 cm³/mol. The van der Waals surface area contributed by atoms with Crippen molar-refractivity contribution in [2.45, 2.75) is 0 Å². The number of allylic oxidation sites excluding steroid dienone is 2. The van der Waals surface area contributed by atoms with Crippen LogP contribution in [0.5, 0.6) is 0 Å². The van der Waals surface area contributed by atoms with E-state index >= 15 is 0 Å². The molecule has 1 aliphatic rings. The topological polar surface area (TPSA) is 54.2 Å². The molecule has 0 saturated heterocycles. The van der Waals surface area contributed by atoms with Gasteiger partial charge < -0.3 is 5.73 Å². The first kappa shape index (κ1) is 14.5. The van der Waals surface area contributed by atoms with E-state index in [1.54, 1.807) is 23.6 Å². The van der Waals surface area contributed by atoms with Gasteiger partial charge in [0.15, 0.2) is 0 Å². The number of halogens is 1. The van der Waals surface area contributed by atoms with Gasteiger partial charge in [-0.1, -0.05) is 29.5 Å². The normalized spacial score (nSPS) is 13.1. The van der Waals surface area contributed by atoms with Gasteiger partial charge in [-0.25, -0.2) is 4.98 Å². The second-order valence-corrected chi connectivity index (χ2v) is 5.87. The van der Waals surface area contributed by atoms with E-state index in [-0.39, 0.29) is 0 Å². The number of nitrogens with one attached hydrogen (secondary N) is 1. The van der Waals surface area contributed by atoms with Gasteiger partial charge in [0.05, 0.1) is 28.4 Å². The third-order valence-electron chi connectivity index (χ3n) is 2.95. The van der Waals surface area contributed by atoms with Crippen molar-refractivity contribution in [3.05, 3.63) is 63.7 Å². The highest BCUT2D eigenvalue weighted by atomic mass is 35.5. The molecule has 0 radical (unpaired) electrons. The van der Waals surface area contributed by atoms with E-state index < -0.39 is 0 Å². The molecule has 4 nitrogen and oxygen atoms in total. The minimum Gasteiger partial charge on any atom is -0.398 e. The van der Waals surface area contributed by atoms with E-state index in [2.05, 4.69) is 33.7 Å². The molecule has 0 saturated carbocycles. The molecule has 3 heterocycles. The second kappa shape index (κ2) is 6.56. The molecule has 0 amide bonds. The zero-order valence-corrected chi connectivity index (χ0v) is 13.2. The van der Waals surface area contributed by atoms with Crippen LogP contribution < -0.4 is 11.2 Å². The largest absolute Gasteiger partial charge is 0.398 e. The Morgan fingerprint density at radius 3 is 3.14 bits per heavy atom. The number of thiophene rings is 1. The molecule has 0 unspecified atom stereocenters. The number of nitrogens with two attached hydrogens (primary N) is 1. The Bertz CT molecular complexity index is 784. The molecule has 2 aromatic rings. The summed E-state index contributed by atoms with van der Waals surface area (Å²) in [6.45, 7) is 0.529. The summed E-state index contributed by atoms with van der Waals surface area (Å²) in [5.74, 6) is 6.08. The third-order valence-corrected chi connectivity index (χ3v) is 4.06. The maximum Gasteiger partial charge on any atom is 0.131 e. The van der Waals surface area contributed by atoms with Crippen molar-refractivity contribution in [3.8, 4) is 11.8 Å². The van der Waals surface area contributed by atoms with Crippen molar-refractivity contribution in [2.24, 2.45) is 0 Å². The summed E-state index contributed by atoms with van der Waals surface area (Å²) in [5, 5.41) is 4.34. The SMILES string of the molecule is Nc1cc(Cl)ncc1C#CCN1C=CC=C(c2cccs2)N1. The molecule has 0 bridgehead atoms. The predicted octanol–water partition coefficient (Wildman–Crippen LogP) is 3.11. The molecule has 6 heteroatoms. The monoisotopic (exact) mass is 328 g/mol. The van der Waals surface area contributed by atoms with Gasteiger partial charge >= 0.3 is 0 Å². The molecule has 3 N–H and O–H groups in total. The summed E-state index contributed by atoms with van der Waals surface area (Å²) in [5.41, 5.74) is 11.4. The van der Waals surface area contributed by atoms with Gasteiger partial charge in [0.25, 0.3) is 0 Å². The fourth-order valence-electron chi connectivity index (χ4n) is 1.90. The number of hydrogen-bond donors (Lipinski definition) is 2. The maximum absolute atomic E-state index is 5.85. The minimum absolute atomic E-state index is 0.370. The maximum atomic E-state index is 5.85. The van der Waals surface area contributed by atoms with E-state index in [9.17, 15) is 0 Å². The van der Waals surface area contributed by atoms with Crippen molar-refractivity contribution in [1.29, 1.82) is 0 Å². The van der Waals surface area contributed by atoms with Crippen molar-refractivity contribution >= 4 is 34.3 Å². The average molecular weight is 329 g/mol. The molecule has 1 aliphatic heterocycles. The van der Waals surface area contributed by atoms with Crippen LogP contribution in [0.2, 0.25) is 5.15 Å². The fraction of sp³-hybridized carbons (Fsp3) is 0.0625. The van der Waals surface area contributed by atoms with Crippen LogP contribution in [-0.4, -0.2) is 16.5 Å². The molecule has 0 aromatic carbocycles. The fourth-order valence-corrected chi connectivity index (χ4v) is 2.77. The smallest absolute Gasteiger partial charge is 0.131 e. The first-order valence-electron chi connectivity index (χ1n) is 6.58. The van der Waals surface area contributed by atoms with E-state index in [1.165, 1.54) is 4.88 Å². The highest BCUT2D eigenvalue weighted by Crippen LogP contribution is 2.20. The molecule has 2 aromatic heterocycles. The molecule has 0 aliphatic carbocycles. The van der Waals surface area contributed by atoms with Gasteiger partial charge in [0, 0.05) is 12.4 Å². The number of anilines is 1. The quantitative estimate of drug-likeness (QED) is 0.657. The van der Waals surface area contributed by atoms with Crippen LogP contribution >= 0.6 is 22.9 Å². The van der Waals surface area contributed by atoms with Gasteiger partial charge in [-0.3, -0.25) is 10.4 Å². The Morgan fingerprint density at radius 2 is 2.36 bits per heavy atom. The van der Waals surface area contributed by atoms with Gasteiger partial charge in [0.2, 0.25) is 0 Å². The second-order valence-electron chi connectivity index (χ2n) is 4.53. The number of hydrazine groups is 1. The summed E-state index contributed by atoms with van der Waals surface area (Å²) >= 11 is 7.46. The lowest BCUT2D eigenvalue weighted by molar-refractivity contribution is 0.362. The summed E-state index contributed by atoms with van der Waals surface area (Å²) in [7, 11) is 0. The summed E-state index contributed by atoms with van der Waals surface area (Å²) in [4.78, 5) is 5.17. The van der Waals surface area contributed by atoms with Gasteiger partial charge in [-0.05, 0) is 29.7 Å². The summed E-state index contributed by atoms with van der Waals surface area (Å²) < 4.78 is 0. The first-order chi connectivity index (χ1) is 10.7. The Labute approximate surface area is 137 Å². The molecular weight excluding hydrogens is 316 g/mol. The number of nitrogen functional groups attached to an aromatic ring is 1. The molecule has 0 spiro atoms. The number of rotatable bonds is 2. The zero-order chi connectivity index (χ0) is 15.4. The van der Waals surface area contributed by atoms with Gasteiger partial charge in [0.1, 0.15) is 5.15 Å². The molecule has 0 fully saturated rings. The number of nitrogens with zero attached hydrogens (tertiary/aromatic N) is 2. The van der Waals surface area contributed by atoms with Crippen LogP contribution in [0.1, 0.15) is 10.4 Å². The van der Waals surface area contributed by atoms with Crippen molar-refractivity contribution in [1.82, 2.24) is 15.4 Å². The van der Waals surface area contributed by atoms with E-state index in [0.717, 1.165) is 5.70 Å². The lowest BCUT2D eigenvalue weighted by atomic mass is 10.2. The summed E-state index contributed by atoms with van der Waals surface area (Å²) in [6.07, 6.45) is 7.55. The van der Waals surface area contributed by atoms with Crippen LogP contribution in [-0.2, 0) is 0 Å². The standard InChI is InChI=1S/C16H13ClN4S/c17-16-10-13(18)12(11-19-16)4-1-7-21-8-2-5-14(20-21)15-6-3-9-22-15/h2-3,5-6,8-11,20H,7H2,(H2,18,19). The first-order valence-corrected chi connectivity index (χ1v) is 7.84. The number of aromatic nitrogens is 1. The average Bonchev–Trinajstić information content (AvgIpc) is 3.04. The molecular formula is C16H13ClN4S. The summed E-state index contributed by atoms with van der Waals surface area (Å²) in [6, 6.07) is 5.70. The van der Waals surface area contributed by atoms with E-state index in [4.69, 9.17) is 17.3 Å². The molecule has 3 rings (SSSR count). The highest BCUT2D eigenvalue weighted by molar-refractivity contribution is 7.11. The molecule has 110 valence electrons. The molecule has 0 atom stereocenters. The van der Waals surface area contributed by atoms with Gasteiger partial charge in [-0.15, -0.1) is 11.3 Å². The van der Waals surface area contributed by atoms with Crippen LogP contribution in [0.4, 0.5) is 5.69 Å². The third kappa shape index (κ3) is 3.42. The van der Waals surface area contributed by atoms with E-state index in [0.29, 0.717) is 22.9 Å². The lowest BCUT2D eigenvalue weighted by Gasteiger charge is -2.24. The van der Waals surface area contributed by atoms with Crippen LogP contribution in [0, 0.1) is 11.8 Å². The van der Waals surface area contributed by atoms with Crippen LogP contribution in [0.25, 0.3) is 5.70 Å². The Kier molecular flexibility index (Phi) is 4.33. The Morgan fingerprint density at radius 1 is 1.45 bits per heavy atom. The Hall–Kier alpha value is -2.42. The van der Waals surface area contributed by atoms with E-state index in [1.807, 2.05) is 29.4 Å². The highest BCUT2D eigenvalue weighted by Gasteiger charge is 2.07. The van der Waals surface area contributed by atoms with Crippen molar-refractivity contribution in [2.75, 3.05) is 12.3 Å². The number of pyridine rings is 1. The van der Waals surface area contributed by atoms with Crippen molar-refractivity contribution < 1.29 is 0 Å². The van der Waals surface area contributed by atoms with Crippen LogP contribution in [0.3, 0.4) is 0 Å². The van der Waals surface area contributed by atoms with Gasteiger partial charge in [-0.2, -0.15) is 0 Å². The molecule has 22 heavy (non-hydrogen) atoms. The number of hydrogen-bond acceptors (Lipinski definition) is 5.